The maximum atomic E-state index is 12.3. The molecular weight excluding hydrogens is 256 g/mol. The number of amides is 1. The molecule has 20 heavy (non-hydrogen) atoms. The number of aromatic nitrogens is 1. The highest BCUT2D eigenvalue weighted by molar-refractivity contribution is 5.84. The first-order chi connectivity index (χ1) is 9.45. The number of nitrogens with two attached hydrogens (primary N) is 1. The summed E-state index contributed by atoms with van der Waals surface area (Å²) >= 11 is 0. The van der Waals surface area contributed by atoms with Crippen LogP contribution in [0, 0.1) is 0 Å². The molecule has 1 amide bonds. The molecule has 2 N–H and O–H groups in total. The third-order valence-electron chi connectivity index (χ3n) is 3.76. The molecule has 0 spiro atoms. The Morgan fingerprint density at radius 2 is 2.00 bits per heavy atom. The summed E-state index contributed by atoms with van der Waals surface area (Å²) in [4.78, 5) is 20.3. The molecule has 0 bridgehead atoms. The number of carbonyl (C=O) groups excluding carboxylic acids is 1. The zero-order valence-electron chi connectivity index (χ0n) is 12.3. The molecule has 1 aromatic rings. The quantitative estimate of drug-likeness (QED) is 0.883. The third-order valence-corrected chi connectivity index (χ3v) is 3.76. The van der Waals surface area contributed by atoms with Crippen LogP contribution in [0.15, 0.2) is 18.5 Å². The van der Waals surface area contributed by atoms with Crippen molar-refractivity contribution in [2.75, 3.05) is 43.9 Å². The van der Waals surface area contributed by atoms with Crippen molar-refractivity contribution >= 4 is 17.3 Å². The molecular formula is C14H22N4O2. The monoisotopic (exact) mass is 278 g/mol. The zero-order chi connectivity index (χ0) is 14.8. The summed E-state index contributed by atoms with van der Waals surface area (Å²) in [6.07, 6.45) is 3.39. The molecule has 6 nitrogen and oxygen atoms in total. The lowest BCUT2D eigenvalue weighted by Gasteiger charge is -2.39. The van der Waals surface area contributed by atoms with Crippen LogP contribution in [-0.2, 0) is 9.53 Å². The van der Waals surface area contributed by atoms with E-state index in [0.717, 1.165) is 18.8 Å². The van der Waals surface area contributed by atoms with Gasteiger partial charge in [-0.15, -0.1) is 0 Å². The average Bonchev–Trinajstić information content (AvgIpc) is 2.47. The Bertz CT molecular complexity index is 482. The van der Waals surface area contributed by atoms with Gasteiger partial charge < -0.3 is 20.3 Å². The molecule has 1 fully saturated rings. The molecule has 1 aliphatic rings. The van der Waals surface area contributed by atoms with E-state index in [0.29, 0.717) is 18.8 Å². The van der Waals surface area contributed by atoms with Crippen LogP contribution in [0.4, 0.5) is 11.4 Å². The fourth-order valence-corrected chi connectivity index (χ4v) is 2.31. The number of pyridine rings is 1. The highest BCUT2D eigenvalue weighted by Gasteiger charge is 2.33. The number of nitrogens with zero attached hydrogens (tertiary/aromatic N) is 3. The van der Waals surface area contributed by atoms with Crippen LogP contribution < -0.4 is 10.6 Å². The topological polar surface area (TPSA) is 71.7 Å². The summed E-state index contributed by atoms with van der Waals surface area (Å²) in [6, 6.07) is 1.91. The smallest absolute Gasteiger partial charge is 0.254 e. The second kappa shape index (κ2) is 5.66. The first-order valence-electron chi connectivity index (χ1n) is 6.74. The van der Waals surface area contributed by atoms with Gasteiger partial charge in [-0.3, -0.25) is 9.78 Å². The van der Waals surface area contributed by atoms with Crippen molar-refractivity contribution in [3.05, 3.63) is 18.5 Å². The van der Waals surface area contributed by atoms with Crippen molar-refractivity contribution in [2.45, 2.75) is 19.4 Å². The number of hydrogen-bond acceptors (Lipinski definition) is 5. The van der Waals surface area contributed by atoms with Gasteiger partial charge >= 0.3 is 0 Å². The molecule has 0 saturated carbocycles. The summed E-state index contributed by atoms with van der Waals surface area (Å²) < 4.78 is 5.25. The Labute approximate surface area is 119 Å². The second-order valence-electron chi connectivity index (χ2n) is 5.43. The molecule has 0 aromatic carbocycles. The highest BCUT2D eigenvalue weighted by atomic mass is 16.5. The van der Waals surface area contributed by atoms with Crippen LogP contribution in [0.25, 0.3) is 0 Å². The molecule has 0 unspecified atom stereocenters. The van der Waals surface area contributed by atoms with Gasteiger partial charge in [-0.05, 0) is 19.9 Å². The van der Waals surface area contributed by atoms with Gasteiger partial charge in [-0.2, -0.15) is 0 Å². The van der Waals surface area contributed by atoms with Gasteiger partial charge in [-0.25, -0.2) is 0 Å². The predicted molar refractivity (Wildman–Crippen MR) is 78.5 cm³/mol. The lowest BCUT2D eigenvalue weighted by atomic mass is 10.1. The number of methoxy groups -OCH3 is 1. The van der Waals surface area contributed by atoms with Gasteiger partial charge in [0.2, 0.25) is 0 Å². The van der Waals surface area contributed by atoms with E-state index >= 15 is 0 Å². The van der Waals surface area contributed by atoms with Crippen molar-refractivity contribution in [3.8, 4) is 0 Å². The highest BCUT2D eigenvalue weighted by Crippen LogP contribution is 2.23. The molecule has 0 radical (unpaired) electrons. The zero-order valence-corrected chi connectivity index (χ0v) is 12.3. The lowest BCUT2D eigenvalue weighted by Crippen LogP contribution is -2.54. The van der Waals surface area contributed by atoms with E-state index < -0.39 is 5.60 Å². The summed E-state index contributed by atoms with van der Waals surface area (Å²) in [7, 11) is 1.56. The second-order valence-corrected chi connectivity index (χ2v) is 5.43. The molecule has 1 saturated heterocycles. The lowest BCUT2D eigenvalue weighted by molar-refractivity contribution is -0.151. The van der Waals surface area contributed by atoms with Crippen LogP contribution in [0.5, 0.6) is 0 Å². The predicted octanol–water partition coefficient (Wildman–Crippen LogP) is 0.737. The maximum Gasteiger partial charge on any atom is 0.254 e. The molecule has 2 rings (SSSR count). The minimum absolute atomic E-state index is 0.0300. The van der Waals surface area contributed by atoms with E-state index in [1.165, 1.54) is 0 Å². The molecule has 0 atom stereocenters. The number of rotatable bonds is 3. The fourth-order valence-electron chi connectivity index (χ4n) is 2.31. The summed E-state index contributed by atoms with van der Waals surface area (Å²) in [5.41, 5.74) is 6.82. The van der Waals surface area contributed by atoms with Crippen LogP contribution in [0.1, 0.15) is 13.8 Å². The van der Waals surface area contributed by atoms with Crippen LogP contribution in [0.2, 0.25) is 0 Å². The van der Waals surface area contributed by atoms with Gasteiger partial charge in [-0.1, -0.05) is 0 Å². The molecule has 0 aliphatic carbocycles. The Hall–Kier alpha value is -1.82. The molecule has 110 valence electrons. The summed E-state index contributed by atoms with van der Waals surface area (Å²) in [5, 5.41) is 0. The summed E-state index contributed by atoms with van der Waals surface area (Å²) in [5.74, 6) is 0.0300. The maximum absolute atomic E-state index is 12.3. The molecule has 6 heteroatoms. The van der Waals surface area contributed by atoms with E-state index in [-0.39, 0.29) is 5.91 Å². The van der Waals surface area contributed by atoms with Gasteiger partial charge in [0.1, 0.15) is 5.60 Å². The molecule has 2 heterocycles. The van der Waals surface area contributed by atoms with Crippen molar-refractivity contribution in [1.29, 1.82) is 0 Å². The van der Waals surface area contributed by atoms with Crippen molar-refractivity contribution in [3.63, 3.8) is 0 Å². The Balaban J connectivity index is 2.00. The number of nitrogen functional groups attached to an aromatic ring is 1. The number of hydrogen-bond donors (Lipinski definition) is 1. The van der Waals surface area contributed by atoms with E-state index in [4.69, 9.17) is 10.5 Å². The van der Waals surface area contributed by atoms with Crippen molar-refractivity contribution in [2.24, 2.45) is 0 Å². The van der Waals surface area contributed by atoms with E-state index in [1.807, 2.05) is 11.0 Å². The summed E-state index contributed by atoms with van der Waals surface area (Å²) in [6.45, 7) is 6.46. The molecule has 1 aliphatic heterocycles. The normalized spacial score (nSPS) is 16.4. The van der Waals surface area contributed by atoms with Crippen LogP contribution >= 0.6 is 0 Å². The first-order valence-corrected chi connectivity index (χ1v) is 6.74. The van der Waals surface area contributed by atoms with Gasteiger partial charge in [0.25, 0.3) is 5.91 Å². The first kappa shape index (κ1) is 14.6. The van der Waals surface area contributed by atoms with E-state index in [2.05, 4.69) is 9.88 Å². The molecule has 1 aromatic heterocycles. The third kappa shape index (κ3) is 2.85. The minimum Gasteiger partial charge on any atom is -0.396 e. The van der Waals surface area contributed by atoms with Crippen LogP contribution in [0.3, 0.4) is 0 Å². The largest absolute Gasteiger partial charge is 0.396 e. The minimum atomic E-state index is -0.766. The Morgan fingerprint density at radius 3 is 2.55 bits per heavy atom. The number of anilines is 2. The van der Waals surface area contributed by atoms with Gasteiger partial charge in [0, 0.05) is 39.5 Å². The van der Waals surface area contributed by atoms with E-state index in [9.17, 15) is 4.79 Å². The van der Waals surface area contributed by atoms with Gasteiger partial charge in [0.05, 0.1) is 17.6 Å². The van der Waals surface area contributed by atoms with Crippen molar-refractivity contribution in [1.82, 2.24) is 9.88 Å². The van der Waals surface area contributed by atoms with Crippen LogP contribution in [-0.4, -0.2) is 54.7 Å². The van der Waals surface area contributed by atoms with E-state index in [1.54, 1.807) is 33.4 Å². The Kier molecular flexibility index (Phi) is 4.13. The average molecular weight is 278 g/mol. The SMILES string of the molecule is COC(C)(C)C(=O)N1CCN(c2ccncc2N)CC1. The number of piperazine rings is 1. The van der Waals surface area contributed by atoms with Crippen molar-refractivity contribution < 1.29 is 9.53 Å². The Morgan fingerprint density at radius 1 is 1.35 bits per heavy atom. The number of carbonyl (C=O) groups is 1. The van der Waals surface area contributed by atoms with Gasteiger partial charge in [0.15, 0.2) is 0 Å². The number of ether oxygens (including phenoxy) is 1. The fraction of sp³-hybridized carbons (Fsp3) is 0.571. The standard InChI is InChI=1S/C14H22N4O2/c1-14(2,20-3)13(19)18-8-6-17(7-9-18)12-4-5-16-10-11(12)15/h4-5,10H,6-9,15H2,1-3H3.